The Balaban J connectivity index is 2.68. The maximum absolute atomic E-state index is 11.1. The lowest BCUT2D eigenvalue weighted by Crippen LogP contribution is -2.39. The van der Waals surface area contributed by atoms with E-state index in [9.17, 15) is 8.42 Å². The second-order valence-corrected chi connectivity index (χ2v) is 5.36. The molecule has 0 amide bonds. The van der Waals surface area contributed by atoms with E-state index in [1.807, 2.05) is 0 Å². The molecule has 3 nitrogen and oxygen atoms in total. The Hall–Kier alpha value is -0.350. The largest absolute Gasteiger partial charge is 0.312 e. The maximum atomic E-state index is 11.1. The van der Waals surface area contributed by atoms with Crippen LogP contribution in [0.15, 0.2) is 12.2 Å². The molecule has 1 aliphatic heterocycles. The first-order chi connectivity index (χ1) is 5.00. The van der Waals surface area contributed by atoms with Crippen LogP contribution in [0.5, 0.6) is 0 Å². The van der Waals surface area contributed by atoms with Gasteiger partial charge in [0.15, 0.2) is 9.84 Å². The molecule has 1 rings (SSSR count). The van der Waals surface area contributed by atoms with Crippen LogP contribution >= 0.6 is 0 Å². The molecule has 1 unspecified atom stereocenters. The normalized spacial score (nSPS) is 27.0. The highest BCUT2D eigenvalue weighted by molar-refractivity contribution is 7.91. The van der Waals surface area contributed by atoms with E-state index in [1.165, 1.54) is 6.26 Å². The summed E-state index contributed by atoms with van der Waals surface area (Å²) in [6, 6.07) is 0. The average Bonchev–Trinajstić information content (AvgIpc) is 1.86. The third kappa shape index (κ3) is 2.31. The first-order valence-electron chi connectivity index (χ1n) is 3.56. The van der Waals surface area contributed by atoms with Gasteiger partial charge < -0.3 is 5.32 Å². The van der Waals surface area contributed by atoms with Gasteiger partial charge in [-0.15, -0.1) is 0 Å². The van der Waals surface area contributed by atoms with E-state index < -0.39 is 9.84 Å². The van der Waals surface area contributed by atoms with Crippen molar-refractivity contribution in [2.45, 2.75) is 11.7 Å². The number of piperidine rings is 1. The first kappa shape index (κ1) is 8.74. The predicted molar refractivity (Wildman–Crippen MR) is 45.3 cm³/mol. The van der Waals surface area contributed by atoms with Gasteiger partial charge in [0.05, 0.1) is 5.25 Å². The van der Waals surface area contributed by atoms with Crippen molar-refractivity contribution >= 4 is 9.84 Å². The number of hydrogen-bond acceptors (Lipinski definition) is 3. The molecule has 11 heavy (non-hydrogen) atoms. The van der Waals surface area contributed by atoms with Crippen molar-refractivity contribution in [1.29, 1.82) is 0 Å². The zero-order chi connectivity index (χ0) is 8.48. The van der Waals surface area contributed by atoms with Crippen LogP contribution in [0, 0.1) is 0 Å². The molecule has 1 N–H and O–H groups in total. The van der Waals surface area contributed by atoms with Gasteiger partial charge in [-0.1, -0.05) is 12.2 Å². The van der Waals surface area contributed by atoms with Crippen molar-refractivity contribution in [3.8, 4) is 0 Å². The Morgan fingerprint density at radius 3 is 2.64 bits per heavy atom. The third-order valence-corrected chi connectivity index (χ3v) is 3.41. The number of hydrogen-bond donors (Lipinski definition) is 1. The first-order valence-corrected chi connectivity index (χ1v) is 5.52. The fourth-order valence-corrected chi connectivity index (χ4v) is 2.14. The molecular formula is C7H13NO2S. The highest BCUT2D eigenvalue weighted by atomic mass is 32.2. The molecule has 1 atom stereocenters. The summed E-state index contributed by atoms with van der Waals surface area (Å²) in [5, 5.41) is 2.75. The number of sulfone groups is 1. The lowest BCUT2D eigenvalue weighted by molar-refractivity contribution is 0.551. The molecule has 0 spiro atoms. The van der Waals surface area contributed by atoms with Crippen LogP contribution in [-0.4, -0.2) is 33.0 Å². The van der Waals surface area contributed by atoms with Gasteiger partial charge in [-0.2, -0.15) is 0 Å². The summed E-state index contributed by atoms with van der Waals surface area (Å²) in [6.07, 6.45) is 1.89. The maximum Gasteiger partial charge on any atom is 0.151 e. The molecule has 1 aliphatic rings. The summed E-state index contributed by atoms with van der Waals surface area (Å²) in [6.45, 7) is 5.07. The molecule has 0 bridgehead atoms. The summed E-state index contributed by atoms with van der Waals surface area (Å²) in [4.78, 5) is 0. The highest BCUT2D eigenvalue weighted by Crippen LogP contribution is 2.13. The molecule has 64 valence electrons. The van der Waals surface area contributed by atoms with Gasteiger partial charge in [0.1, 0.15) is 0 Å². The molecule has 1 heterocycles. The van der Waals surface area contributed by atoms with E-state index in [1.54, 1.807) is 0 Å². The second-order valence-electron chi connectivity index (χ2n) is 3.04. The van der Waals surface area contributed by atoms with Crippen molar-refractivity contribution in [3.63, 3.8) is 0 Å². The minimum absolute atomic E-state index is 0.260. The zero-order valence-corrected chi connectivity index (χ0v) is 7.45. The van der Waals surface area contributed by atoms with Gasteiger partial charge in [0, 0.05) is 19.3 Å². The van der Waals surface area contributed by atoms with E-state index in [2.05, 4.69) is 11.9 Å². The van der Waals surface area contributed by atoms with Gasteiger partial charge in [0.25, 0.3) is 0 Å². The summed E-state index contributed by atoms with van der Waals surface area (Å²) in [7, 11) is -2.88. The molecule has 1 saturated heterocycles. The monoisotopic (exact) mass is 175 g/mol. The Bertz CT molecular complexity index is 256. The van der Waals surface area contributed by atoms with Crippen LogP contribution in [-0.2, 0) is 9.84 Å². The van der Waals surface area contributed by atoms with Crippen LogP contribution in [0.1, 0.15) is 6.42 Å². The van der Waals surface area contributed by atoms with Crippen LogP contribution in [0.2, 0.25) is 0 Å². The fourth-order valence-electron chi connectivity index (χ4n) is 1.18. The van der Waals surface area contributed by atoms with Crippen molar-refractivity contribution in [2.75, 3.05) is 19.3 Å². The van der Waals surface area contributed by atoms with Gasteiger partial charge in [0.2, 0.25) is 0 Å². The van der Waals surface area contributed by atoms with Crippen molar-refractivity contribution < 1.29 is 8.42 Å². The Morgan fingerprint density at radius 2 is 2.27 bits per heavy atom. The van der Waals surface area contributed by atoms with Crippen LogP contribution in [0.4, 0.5) is 0 Å². The standard InChI is InChI=1S/C7H13NO2S/c1-6-3-7(5-8-4-6)11(2,9)10/h7-8H,1,3-5H2,2H3. The van der Waals surface area contributed by atoms with Gasteiger partial charge in [-0.25, -0.2) is 8.42 Å². The summed E-state index contributed by atoms with van der Waals surface area (Å²) >= 11 is 0. The summed E-state index contributed by atoms with van der Waals surface area (Å²) < 4.78 is 22.1. The third-order valence-electron chi connectivity index (χ3n) is 1.87. The average molecular weight is 175 g/mol. The lowest BCUT2D eigenvalue weighted by Gasteiger charge is -2.22. The Kier molecular flexibility index (Phi) is 2.34. The molecule has 1 fully saturated rings. The van der Waals surface area contributed by atoms with E-state index in [4.69, 9.17) is 0 Å². The topological polar surface area (TPSA) is 46.2 Å². The number of nitrogens with one attached hydrogen (secondary N) is 1. The molecule has 0 radical (unpaired) electrons. The second kappa shape index (κ2) is 2.95. The molecule has 4 heteroatoms. The quantitative estimate of drug-likeness (QED) is 0.568. The lowest BCUT2D eigenvalue weighted by atomic mass is 10.1. The van der Waals surface area contributed by atoms with Crippen LogP contribution in [0.3, 0.4) is 0 Å². The fraction of sp³-hybridized carbons (Fsp3) is 0.714. The van der Waals surface area contributed by atoms with Gasteiger partial charge >= 0.3 is 0 Å². The van der Waals surface area contributed by atoms with Crippen molar-refractivity contribution in [3.05, 3.63) is 12.2 Å². The van der Waals surface area contributed by atoms with Crippen molar-refractivity contribution in [2.24, 2.45) is 0 Å². The Morgan fingerprint density at radius 1 is 1.64 bits per heavy atom. The van der Waals surface area contributed by atoms with Crippen LogP contribution < -0.4 is 5.32 Å². The van der Waals surface area contributed by atoms with Crippen LogP contribution in [0.25, 0.3) is 0 Å². The SMILES string of the molecule is C=C1CNCC(S(C)(=O)=O)C1. The smallest absolute Gasteiger partial charge is 0.151 e. The summed E-state index contributed by atoms with van der Waals surface area (Å²) in [5.41, 5.74) is 0.978. The minimum atomic E-state index is -2.88. The van der Waals surface area contributed by atoms with E-state index >= 15 is 0 Å². The molecule has 0 saturated carbocycles. The van der Waals surface area contributed by atoms with E-state index in [0.717, 1.165) is 12.1 Å². The molecule has 0 aliphatic carbocycles. The minimum Gasteiger partial charge on any atom is -0.312 e. The van der Waals surface area contributed by atoms with E-state index in [0.29, 0.717) is 13.0 Å². The molecule has 0 aromatic rings. The molecular weight excluding hydrogens is 162 g/mol. The summed E-state index contributed by atoms with van der Waals surface area (Å²) in [5.74, 6) is 0. The zero-order valence-electron chi connectivity index (χ0n) is 6.63. The van der Waals surface area contributed by atoms with E-state index in [-0.39, 0.29) is 5.25 Å². The number of rotatable bonds is 1. The van der Waals surface area contributed by atoms with Gasteiger partial charge in [-0.3, -0.25) is 0 Å². The van der Waals surface area contributed by atoms with Gasteiger partial charge in [-0.05, 0) is 6.42 Å². The molecule has 0 aromatic carbocycles. The highest BCUT2D eigenvalue weighted by Gasteiger charge is 2.24. The Labute approximate surface area is 67.4 Å². The van der Waals surface area contributed by atoms with Crippen molar-refractivity contribution in [1.82, 2.24) is 5.32 Å². The molecule has 0 aromatic heterocycles. The predicted octanol–water partition coefficient (Wildman–Crippen LogP) is -0.0509.